The normalized spacial score (nSPS) is 26.3. The zero-order valence-electron chi connectivity index (χ0n) is 4.15. The van der Waals surface area contributed by atoms with Crippen LogP contribution in [0.1, 0.15) is 6.92 Å². The zero-order chi connectivity index (χ0) is 4.62. The molecule has 1 heteroatoms. The fraction of sp³-hybridized carbons (Fsp3) is 0.600. The third-order valence-corrected chi connectivity index (χ3v) is 2.62. The van der Waals surface area contributed by atoms with E-state index >= 15 is 0 Å². The molecule has 1 atom stereocenters. The van der Waals surface area contributed by atoms with Crippen LogP contribution < -0.4 is 0 Å². The second-order valence-corrected chi connectivity index (χ2v) is 3.44. The first-order valence-electron chi connectivity index (χ1n) is 2.16. The highest BCUT2D eigenvalue weighted by molar-refractivity contribution is 7.40. The van der Waals surface area contributed by atoms with E-state index in [2.05, 4.69) is 25.7 Å². The van der Waals surface area contributed by atoms with Gasteiger partial charge in [0.25, 0.3) is 0 Å². The lowest BCUT2D eigenvalue weighted by Crippen LogP contribution is -1.89. The van der Waals surface area contributed by atoms with Crippen molar-refractivity contribution in [2.75, 3.05) is 6.66 Å². The third-order valence-electron chi connectivity index (χ3n) is 1.21. The molecule has 0 bridgehead atoms. The molecule has 1 aliphatic rings. The molecule has 0 spiro atoms. The van der Waals surface area contributed by atoms with Gasteiger partial charge < -0.3 is 0 Å². The molecule has 0 aromatic carbocycles. The summed E-state index contributed by atoms with van der Waals surface area (Å²) >= 11 is 0. The molecule has 0 saturated carbocycles. The van der Waals surface area contributed by atoms with Crippen LogP contribution >= 0.6 is 8.58 Å². The van der Waals surface area contributed by atoms with Crippen molar-refractivity contribution in [2.24, 2.45) is 0 Å². The molecule has 0 aliphatic heterocycles. The molecule has 1 rings (SSSR count). The standard InChI is InChI=1S/C5H9P/c1-5(6-2)3-4-5/h3-4,6H,1-2H3. The first-order chi connectivity index (χ1) is 2.77. The molecule has 1 aliphatic carbocycles. The number of hydrogen-bond acceptors (Lipinski definition) is 0. The van der Waals surface area contributed by atoms with E-state index in [-0.39, 0.29) is 0 Å². The summed E-state index contributed by atoms with van der Waals surface area (Å²) in [6, 6.07) is 0. The van der Waals surface area contributed by atoms with Gasteiger partial charge in [0.1, 0.15) is 0 Å². The largest absolute Gasteiger partial charge is 0.111 e. The molecule has 6 heavy (non-hydrogen) atoms. The van der Waals surface area contributed by atoms with Crippen LogP contribution in [0.4, 0.5) is 0 Å². The molecule has 1 unspecified atom stereocenters. The maximum Gasteiger partial charge on any atom is 0.0203 e. The lowest BCUT2D eigenvalue weighted by molar-refractivity contribution is 1.15. The highest BCUT2D eigenvalue weighted by Gasteiger charge is 2.24. The van der Waals surface area contributed by atoms with Crippen LogP contribution in [0.5, 0.6) is 0 Å². The van der Waals surface area contributed by atoms with Crippen LogP contribution in [0, 0.1) is 0 Å². The van der Waals surface area contributed by atoms with Gasteiger partial charge in [-0.05, 0) is 13.6 Å². The summed E-state index contributed by atoms with van der Waals surface area (Å²) in [5.74, 6) is 0. The van der Waals surface area contributed by atoms with Crippen molar-refractivity contribution in [3.63, 3.8) is 0 Å². The van der Waals surface area contributed by atoms with Crippen LogP contribution in [0.25, 0.3) is 0 Å². The molecule has 0 amide bonds. The predicted molar refractivity (Wildman–Crippen MR) is 31.8 cm³/mol. The Labute approximate surface area is 40.4 Å². The minimum Gasteiger partial charge on any atom is -0.111 e. The second-order valence-electron chi connectivity index (χ2n) is 1.87. The van der Waals surface area contributed by atoms with E-state index in [9.17, 15) is 0 Å². The highest BCUT2D eigenvalue weighted by Crippen LogP contribution is 2.40. The zero-order valence-corrected chi connectivity index (χ0v) is 5.15. The van der Waals surface area contributed by atoms with Gasteiger partial charge in [-0.1, -0.05) is 12.2 Å². The van der Waals surface area contributed by atoms with Crippen molar-refractivity contribution >= 4 is 8.58 Å². The van der Waals surface area contributed by atoms with E-state index in [4.69, 9.17) is 0 Å². The Morgan fingerprint density at radius 2 is 2.00 bits per heavy atom. The van der Waals surface area contributed by atoms with Gasteiger partial charge in [-0.2, -0.15) is 0 Å². The van der Waals surface area contributed by atoms with E-state index in [0.29, 0.717) is 5.16 Å². The fourth-order valence-electron chi connectivity index (χ4n) is 0.292. The van der Waals surface area contributed by atoms with Gasteiger partial charge in [0.2, 0.25) is 0 Å². The van der Waals surface area contributed by atoms with Crippen molar-refractivity contribution in [2.45, 2.75) is 12.1 Å². The molecule has 0 aromatic heterocycles. The van der Waals surface area contributed by atoms with Gasteiger partial charge in [-0.25, -0.2) is 0 Å². The molecule has 34 valence electrons. The summed E-state index contributed by atoms with van der Waals surface area (Å²) in [6.45, 7) is 4.49. The van der Waals surface area contributed by atoms with E-state index in [1.54, 1.807) is 0 Å². The van der Waals surface area contributed by atoms with Crippen molar-refractivity contribution in [3.05, 3.63) is 12.2 Å². The Balaban J connectivity index is 2.32. The van der Waals surface area contributed by atoms with Crippen molar-refractivity contribution in [3.8, 4) is 0 Å². The average molecular weight is 100 g/mol. The third kappa shape index (κ3) is 0.628. The van der Waals surface area contributed by atoms with Crippen LogP contribution in [-0.2, 0) is 0 Å². The number of hydrogen-bond donors (Lipinski definition) is 0. The minimum atomic E-state index is 0.569. The second kappa shape index (κ2) is 1.07. The SMILES string of the molecule is CPC1(C)C=C1. The van der Waals surface area contributed by atoms with Crippen molar-refractivity contribution < 1.29 is 0 Å². The van der Waals surface area contributed by atoms with Crippen LogP contribution in [0.3, 0.4) is 0 Å². The smallest absolute Gasteiger partial charge is 0.0203 e. The Kier molecular flexibility index (Phi) is 0.772. The molecule has 0 nitrogen and oxygen atoms in total. The summed E-state index contributed by atoms with van der Waals surface area (Å²) in [6.07, 6.45) is 4.51. The minimum absolute atomic E-state index is 0.569. The Morgan fingerprint density at radius 1 is 1.50 bits per heavy atom. The Bertz CT molecular complexity index is 77.9. The van der Waals surface area contributed by atoms with Gasteiger partial charge in [0, 0.05) is 5.16 Å². The summed E-state index contributed by atoms with van der Waals surface area (Å²) in [7, 11) is 1.07. The topological polar surface area (TPSA) is 0 Å². The van der Waals surface area contributed by atoms with Crippen molar-refractivity contribution in [1.82, 2.24) is 0 Å². The highest BCUT2D eigenvalue weighted by atomic mass is 31.1. The quantitative estimate of drug-likeness (QED) is 0.347. The van der Waals surface area contributed by atoms with Gasteiger partial charge in [-0.15, -0.1) is 8.58 Å². The maximum atomic E-state index is 2.26. The van der Waals surface area contributed by atoms with Crippen LogP contribution in [0.2, 0.25) is 0 Å². The van der Waals surface area contributed by atoms with E-state index in [1.807, 2.05) is 0 Å². The molecule has 0 aromatic rings. The first kappa shape index (κ1) is 4.33. The van der Waals surface area contributed by atoms with Gasteiger partial charge >= 0.3 is 0 Å². The molecular formula is C5H9P. The Hall–Kier alpha value is 0.170. The van der Waals surface area contributed by atoms with Gasteiger partial charge in [-0.3, -0.25) is 0 Å². The molecule has 0 heterocycles. The lowest BCUT2D eigenvalue weighted by Gasteiger charge is -1.99. The number of allylic oxidation sites excluding steroid dienone is 2. The van der Waals surface area contributed by atoms with Crippen molar-refractivity contribution in [1.29, 1.82) is 0 Å². The summed E-state index contributed by atoms with van der Waals surface area (Å²) < 4.78 is 0. The van der Waals surface area contributed by atoms with Crippen LogP contribution in [-0.4, -0.2) is 11.8 Å². The Morgan fingerprint density at radius 3 is 2.00 bits per heavy atom. The summed E-state index contributed by atoms with van der Waals surface area (Å²) in [5.41, 5.74) is 0. The number of rotatable bonds is 1. The average Bonchev–Trinajstić information content (AvgIpc) is 2.22. The molecule has 0 fully saturated rings. The monoisotopic (exact) mass is 100 g/mol. The molecule has 0 radical (unpaired) electrons. The summed E-state index contributed by atoms with van der Waals surface area (Å²) in [4.78, 5) is 0. The van der Waals surface area contributed by atoms with E-state index < -0.39 is 0 Å². The fourth-order valence-corrected chi connectivity index (χ4v) is 0.708. The first-order valence-corrected chi connectivity index (χ1v) is 3.66. The van der Waals surface area contributed by atoms with Gasteiger partial charge in [0.15, 0.2) is 0 Å². The maximum absolute atomic E-state index is 2.26. The summed E-state index contributed by atoms with van der Waals surface area (Å²) in [5, 5.41) is 0.569. The molecular weight excluding hydrogens is 91.0 g/mol. The molecule has 0 saturated heterocycles. The van der Waals surface area contributed by atoms with E-state index in [0.717, 1.165) is 8.58 Å². The van der Waals surface area contributed by atoms with E-state index in [1.165, 1.54) is 0 Å². The predicted octanol–water partition coefficient (Wildman–Crippen LogP) is 1.62. The van der Waals surface area contributed by atoms with Gasteiger partial charge in [0.05, 0.1) is 0 Å². The lowest BCUT2D eigenvalue weighted by atomic mass is 10.4. The molecule has 0 N–H and O–H groups in total. The van der Waals surface area contributed by atoms with Crippen LogP contribution in [0.15, 0.2) is 12.2 Å².